The van der Waals surface area contributed by atoms with Crippen molar-refractivity contribution in [3.63, 3.8) is 0 Å². The standard InChI is InChI=1S/C9H12F2N2O/c1-13-5-8(4-12-13)14-6-7-2-9(10,11)3-7/h4-5,7H,2-3,6H2,1H3. The summed E-state index contributed by atoms with van der Waals surface area (Å²) in [6.45, 7) is 0.362. The molecule has 14 heavy (non-hydrogen) atoms. The van der Waals surface area contributed by atoms with Crippen LogP contribution in [0.15, 0.2) is 12.4 Å². The van der Waals surface area contributed by atoms with Gasteiger partial charge in [0, 0.05) is 25.8 Å². The number of aromatic nitrogens is 2. The molecule has 0 aliphatic heterocycles. The molecule has 0 radical (unpaired) electrons. The number of alkyl halides is 2. The van der Waals surface area contributed by atoms with Gasteiger partial charge in [-0.25, -0.2) is 8.78 Å². The molecule has 78 valence electrons. The SMILES string of the molecule is Cn1cc(OCC2CC(F)(F)C2)cn1. The minimum absolute atomic E-state index is 0.00907. The molecule has 1 aliphatic carbocycles. The van der Waals surface area contributed by atoms with Crippen LogP contribution in [0.3, 0.4) is 0 Å². The molecular weight excluding hydrogens is 190 g/mol. The summed E-state index contributed by atoms with van der Waals surface area (Å²) in [5.74, 6) is -1.82. The predicted molar refractivity (Wildman–Crippen MR) is 46.4 cm³/mol. The van der Waals surface area contributed by atoms with Crippen LogP contribution >= 0.6 is 0 Å². The lowest BCUT2D eigenvalue weighted by atomic mass is 9.82. The lowest BCUT2D eigenvalue weighted by Gasteiger charge is -2.34. The van der Waals surface area contributed by atoms with E-state index in [0.717, 1.165) is 0 Å². The molecule has 0 spiro atoms. The summed E-state index contributed by atoms with van der Waals surface area (Å²) < 4.78 is 31.8. The zero-order valence-electron chi connectivity index (χ0n) is 7.91. The van der Waals surface area contributed by atoms with Gasteiger partial charge in [0.25, 0.3) is 0 Å². The first kappa shape index (κ1) is 9.43. The summed E-state index contributed by atoms with van der Waals surface area (Å²) in [6, 6.07) is 0. The molecule has 5 heteroatoms. The molecule has 2 rings (SSSR count). The fourth-order valence-corrected chi connectivity index (χ4v) is 1.59. The second kappa shape index (κ2) is 3.22. The van der Waals surface area contributed by atoms with Gasteiger partial charge in [-0.3, -0.25) is 4.68 Å². The van der Waals surface area contributed by atoms with Gasteiger partial charge in [0.1, 0.15) is 0 Å². The second-order valence-corrected chi connectivity index (χ2v) is 3.79. The van der Waals surface area contributed by atoms with Gasteiger partial charge in [-0.2, -0.15) is 5.10 Å². The molecule has 1 aromatic heterocycles. The van der Waals surface area contributed by atoms with Gasteiger partial charge < -0.3 is 4.74 Å². The van der Waals surface area contributed by atoms with Crippen molar-refractivity contribution in [2.75, 3.05) is 6.61 Å². The topological polar surface area (TPSA) is 27.1 Å². The maximum absolute atomic E-state index is 12.4. The van der Waals surface area contributed by atoms with Crippen molar-refractivity contribution in [3.8, 4) is 5.75 Å². The van der Waals surface area contributed by atoms with E-state index in [1.165, 1.54) is 0 Å². The van der Waals surface area contributed by atoms with Gasteiger partial charge in [0.15, 0.2) is 5.75 Å². The van der Waals surface area contributed by atoms with Crippen LogP contribution in [0, 0.1) is 5.92 Å². The van der Waals surface area contributed by atoms with E-state index in [4.69, 9.17) is 4.74 Å². The van der Waals surface area contributed by atoms with E-state index < -0.39 is 5.92 Å². The third kappa shape index (κ3) is 2.02. The van der Waals surface area contributed by atoms with Crippen LogP contribution in [0.1, 0.15) is 12.8 Å². The van der Waals surface area contributed by atoms with Crippen LogP contribution < -0.4 is 4.74 Å². The van der Waals surface area contributed by atoms with Crippen LogP contribution in [-0.4, -0.2) is 22.3 Å². The highest BCUT2D eigenvalue weighted by Crippen LogP contribution is 2.42. The first-order valence-electron chi connectivity index (χ1n) is 4.54. The molecule has 1 saturated carbocycles. The molecule has 3 nitrogen and oxygen atoms in total. The summed E-state index contributed by atoms with van der Waals surface area (Å²) >= 11 is 0. The van der Waals surface area contributed by atoms with Crippen molar-refractivity contribution in [3.05, 3.63) is 12.4 Å². The van der Waals surface area contributed by atoms with Crippen molar-refractivity contribution in [2.24, 2.45) is 13.0 Å². The van der Waals surface area contributed by atoms with Crippen molar-refractivity contribution < 1.29 is 13.5 Å². The predicted octanol–water partition coefficient (Wildman–Crippen LogP) is 1.84. The number of hydrogen-bond donors (Lipinski definition) is 0. The Bertz CT molecular complexity index is 316. The molecule has 0 atom stereocenters. The van der Waals surface area contributed by atoms with Crippen molar-refractivity contribution >= 4 is 0 Å². The molecule has 1 fully saturated rings. The molecule has 1 aromatic rings. The summed E-state index contributed by atoms with van der Waals surface area (Å²) in [5.41, 5.74) is 0. The number of ether oxygens (including phenoxy) is 1. The Morgan fingerprint density at radius 2 is 2.36 bits per heavy atom. The smallest absolute Gasteiger partial charge is 0.248 e. The van der Waals surface area contributed by atoms with Crippen LogP contribution in [-0.2, 0) is 7.05 Å². The van der Waals surface area contributed by atoms with Crippen LogP contribution in [0.25, 0.3) is 0 Å². The van der Waals surface area contributed by atoms with Gasteiger partial charge in [0.2, 0.25) is 5.92 Å². The summed E-state index contributed by atoms with van der Waals surface area (Å²) in [5, 5.41) is 3.91. The number of aryl methyl sites for hydroxylation is 1. The van der Waals surface area contributed by atoms with E-state index >= 15 is 0 Å². The van der Waals surface area contributed by atoms with Crippen LogP contribution in [0.2, 0.25) is 0 Å². The molecule has 1 heterocycles. The number of halogens is 2. The van der Waals surface area contributed by atoms with Crippen molar-refractivity contribution in [1.29, 1.82) is 0 Å². The zero-order chi connectivity index (χ0) is 10.2. The van der Waals surface area contributed by atoms with E-state index in [2.05, 4.69) is 5.10 Å². The molecule has 0 N–H and O–H groups in total. The van der Waals surface area contributed by atoms with Gasteiger partial charge in [-0.15, -0.1) is 0 Å². The Kier molecular flexibility index (Phi) is 2.17. The first-order valence-corrected chi connectivity index (χ1v) is 4.54. The average Bonchev–Trinajstić information content (AvgIpc) is 2.44. The molecular formula is C9H12F2N2O. The average molecular weight is 202 g/mol. The zero-order valence-corrected chi connectivity index (χ0v) is 7.91. The number of nitrogens with zero attached hydrogens (tertiary/aromatic N) is 2. The summed E-state index contributed by atoms with van der Waals surface area (Å²) in [6.07, 6.45) is 3.20. The Labute approximate surface area is 80.7 Å². The Hall–Kier alpha value is -1.13. The first-order chi connectivity index (χ1) is 6.55. The molecule has 1 aliphatic rings. The minimum Gasteiger partial charge on any atom is -0.490 e. The minimum atomic E-state index is -2.46. The molecule has 0 unspecified atom stereocenters. The highest BCUT2D eigenvalue weighted by molar-refractivity contribution is 5.11. The van der Waals surface area contributed by atoms with E-state index in [1.54, 1.807) is 24.1 Å². The van der Waals surface area contributed by atoms with Gasteiger partial charge in [-0.05, 0) is 0 Å². The maximum atomic E-state index is 12.4. The summed E-state index contributed by atoms with van der Waals surface area (Å²) in [7, 11) is 1.78. The molecule has 0 amide bonds. The third-order valence-corrected chi connectivity index (χ3v) is 2.34. The monoisotopic (exact) mass is 202 g/mol. The fourth-order valence-electron chi connectivity index (χ4n) is 1.59. The Balaban J connectivity index is 1.74. The number of hydrogen-bond acceptors (Lipinski definition) is 2. The highest BCUT2D eigenvalue weighted by Gasteiger charge is 2.45. The summed E-state index contributed by atoms with van der Waals surface area (Å²) in [4.78, 5) is 0. The number of rotatable bonds is 3. The van der Waals surface area contributed by atoms with Gasteiger partial charge in [-0.1, -0.05) is 0 Å². The normalized spacial score (nSPS) is 20.5. The largest absolute Gasteiger partial charge is 0.490 e. The fraction of sp³-hybridized carbons (Fsp3) is 0.667. The Morgan fingerprint density at radius 3 is 2.86 bits per heavy atom. The van der Waals surface area contributed by atoms with Crippen molar-refractivity contribution in [1.82, 2.24) is 9.78 Å². The van der Waals surface area contributed by atoms with Crippen LogP contribution in [0.5, 0.6) is 5.75 Å². The molecule has 0 aromatic carbocycles. The van der Waals surface area contributed by atoms with Gasteiger partial charge in [0.05, 0.1) is 19.0 Å². The Morgan fingerprint density at radius 1 is 1.64 bits per heavy atom. The van der Waals surface area contributed by atoms with Crippen molar-refractivity contribution in [2.45, 2.75) is 18.8 Å². The van der Waals surface area contributed by atoms with E-state index in [9.17, 15) is 8.78 Å². The third-order valence-electron chi connectivity index (χ3n) is 2.34. The van der Waals surface area contributed by atoms with E-state index in [1.807, 2.05) is 0 Å². The molecule has 0 saturated heterocycles. The lowest BCUT2D eigenvalue weighted by molar-refractivity contribution is -0.119. The van der Waals surface area contributed by atoms with Crippen LogP contribution in [0.4, 0.5) is 8.78 Å². The second-order valence-electron chi connectivity index (χ2n) is 3.79. The lowest BCUT2D eigenvalue weighted by Crippen LogP contribution is -2.38. The quantitative estimate of drug-likeness (QED) is 0.747. The van der Waals surface area contributed by atoms with E-state index in [0.29, 0.717) is 12.4 Å². The molecule has 0 bridgehead atoms. The van der Waals surface area contributed by atoms with E-state index in [-0.39, 0.29) is 18.8 Å². The highest BCUT2D eigenvalue weighted by atomic mass is 19.3. The van der Waals surface area contributed by atoms with Gasteiger partial charge >= 0.3 is 0 Å². The maximum Gasteiger partial charge on any atom is 0.248 e.